The molecule has 0 aliphatic rings. The topological polar surface area (TPSA) is 42.4 Å². The summed E-state index contributed by atoms with van der Waals surface area (Å²) in [5.41, 5.74) is 9.43. The third-order valence-corrected chi connectivity index (χ3v) is 3.37. The second-order valence-corrected chi connectivity index (χ2v) is 5.02. The first-order valence-electron chi connectivity index (χ1n) is 6.66. The highest BCUT2D eigenvalue weighted by atomic mass is 16.3. The lowest BCUT2D eigenvalue weighted by atomic mass is 10.0. The standard InChI is InChI=1S/C16H22N2O/c1-12-10-15(6-5-14(12)8-9-17)18(3)11-16-7-4-13(2)19-16/h4-7,10H,8-9,11,17H2,1-3H3. The minimum absolute atomic E-state index is 0.696. The van der Waals surface area contributed by atoms with Gasteiger partial charge in [-0.15, -0.1) is 0 Å². The number of nitrogens with two attached hydrogens (primary N) is 1. The summed E-state index contributed by atoms with van der Waals surface area (Å²) in [5.74, 6) is 1.95. The van der Waals surface area contributed by atoms with Gasteiger partial charge in [-0.2, -0.15) is 0 Å². The number of hydrogen-bond acceptors (Lipinski definition) is 3. The fourth-order valence-electron chi connectivity index (χ4n) is 2.25. The van der Waals surface area contributed by atoms with Crippen LogP contribution in [-0.4, -0.2) is 13.6 Å². The number of hydrogen-bond donors (Lipinski definition) is 1. The molecule has 1 aromatic carbocycles. The highest BCUT2D eigenvalue weighted by Crippen LogP contribution is 2.20. The van der Waals surface area contributed by atoms with Gasteiger partial charge in [0.05, 0.1) is 6.54 Å². The highest BCUT2D eigenvalue weighted by molar-refractivity contribution is 5.50. The van der Waals surface area contributed by atoms with Gasteiger partial charge >= 0.3 is 0 Å². The van der Waals surface area contributed by atoms with Crippen molar-refractivity contribution < 1.29 is 4.42 Å². The van der Waals surface area contributed by atoms with Crippen LogP contribution < -0.4 is 10.6 Å². The SMILES string of the molecule is Cc1ccc(CN(C)c2ccc(CCN)c(C)c2)o1. The smallest absolute Gasteiger partial charge is 0.123 e. The summed E-state index contributed by atoms with van der Waals surface area (Å²) in [6.45, 7) is 5.58. The molecule has 0 amide bonds. The molecular formula is C16H22N2O. The van der Waals surface area contributed by atoms with E-state index in [1.807, 2.05) is 19.1 Å². The third-order valence-electron chi connectivity index (χ3n) is 3.37. The van der Waals surface area contributed by atoms with E-state index in [2.05, 4.69) is 37.1 Å². The first-order chi connectivity index (χ1) is 9.10. The summed E-state index contributed by atoms with van der Waals surface area (Å²) >= 11 is 0. The van der Waals surface area contributed by atoms with E-state index in [1.54, 1.807) is 0 Å². The highest BCUT2D eigenvalue weighted by Gasteiger charge is 2.07. The largest absolute Gasteiger partial charge is 0.464 e. The summed E-state index contributed by atoms with van der Waals surface area (Å²) in [6.07, 6.45) is 0.938. The van der Waals surface area contributed by atoms with Gasteiger partial charge < -0.3 is 15.1 Å². The van der Waals surface area contributed by atoms with E-state index in [0.717, 1.165) is 24.5 Å². The van der Waals surface area contributed by atoms with Crippen LogP contribution in [0.1, 0.15) is 22.6 Å². The molecule has 0 aliphatic heterocycles. The second kappa shape index (κ2) is 5.93. The molecule has 2 rings (SSSR count). The minimum atomic E-state index is 0.696. The number of aryl methyl sites for hydroxylation is 2. The van der Waals surface area contributed by atoms with Crippen LogP contribution in [0, 0.1) is 13.8 Å². The Kier molecular flexibility index (Phi) is 4.27. The molecule has 0 atom stereocenters. The van der Waals surface area contributed by atoms with Crippen LogP contribution in [0.3, 0.4) is 0 Å². The van der Waals surface area contributed by atoms with Gasteiger partial charge in [-0.05, 0) is 62.2 Å². The van der Waals surface area contributed by atoms with Gasteiger partial charge in [0.2, 0.25) is 0 Å². The van der Waals surface area contributed by atoms with E-state index in [4.69, 9.17) is 10.2 Å². The number of nitrogens with zero attached hydrogens (tertiary/aromatic N) is 1. The van der Waals surface area contributed by atoms with Crippen molar-refractivity contribution in [3.63, 3.8) is 0 Å². The van der Waals surface area contributed by atoms with Crippen LogP contribution in [0.25, 0.3) is 0 Å². The number of rotatable bonds is 5. The van der Waals surface area contributed by atoms with Crippen molar-refractivity contribution in [2.24, 2.45) is 5.73 Å². The zero-order valence-corrected chi connectivity index (χ0v) is 11.9. The van der Waals surface area contributed by atoms with Gasteiger partial charge in [0.25, 0.3) is 0 Å². The molecular weight excluding hydrogens is 236 g/mol. The maximum Gasteiger partial charge on any atom is 0.123 e. The van der Waals surface area contributed by atoms with Crippen LogP contribution in [-0.2, 0) is 13.0 Å². The molecule has 0 saturated carbocycles. The van der Waals surface area contributed by atoms with Gasteiger partial charge in [0.15, 0.2) is 0 Å². The minimum Gasteiger partial charge on any atom is -0.464 e. The quantitative estimate of drug-likeness (QED) is 0.896. The lowest BCUT2D eigenvalue weighted by Gasteiger charge is -2.19. The van der Waals surface area contributed by atoms with Gasteiger partial charge in [-0.25, -0.2) is 0 Å². The molecule has 0 saturated heterocycles. The van der Waals surface area contributed by atoms with Crippen LogP contribution in [0.2, 0.25) is 0 Å². The normalized spacial score (nSPS) is 10.7. The Morgan fingerprint density at radius 3 is 2.53 bits per heavy atom. The van der Waals surface area contributed by atoms with E-state index < -0.39 is 0 Å². The molecule has 1 heterocycles. The maximum absolute atomic E-state index is 5.61. The Labute approximate surface area is 115 Å². The summed E-state index contributed by atoms with van der Waals surface area (Å²) in [5, 5.41) is 0. The van der Waals surface area contributed by atoms with Gasteiger partial charge in [0.1, 0.15) is 11.5 Å². The monoisotopic (exact) mass is 258 g/mol. The lowest BCUT2D eigenvalue weighted by Crippen LogP contribution is -2.16. The Morgan fingerprint density at radius 2 is 1.95 bits per heavy atom. The van der Waals surface area contributed by atoms with Crippen LogP contribution in [0.4, 0.5) is 5.69 Å². The summed E-state index contributed by atoms with van der Waals surface area (Å²) < 4.78 is 5.61. The molecule has 0 bridgehead atoms. The van der Waals surface area contributed by atoms with E-state index in [9.17, 15) is 0 Å². The Bertz CT molecular complexity index is 545. The van der Waals surface area contributed by atoms with Crippen LogP contribution >= 0.6 is 0 Å². The molecule has 3 nitrogen and oxygen atoms in total. The molecule has 2 N–H and O–H groups in total. The fourth-order valence-corrected chi connectivity index (χ4v) is 2.25. The van der Waals surface area contributed by atoms with Crippen molar-refractivity contribution in [2.75, 3.05) is 18.5 Å². The molecule has 0 fully saturated rings. The van der Waals surface area contributed by atoms with Crippen LogP contribution in [0.5, 0.6) is 0 Å². The van der Waals surface area contributed by atoms with Crippen molar-refractivity contribution in [2.45, 2.75) is 26.8 Å². The Balaban J connectivity index is 2.10. The average molecular weight is 258 g/mol. The molecule has 1 aromatic heterocycles. The molecule has 0 aliphatic carbocycles. The molecule has 2 aromatic rings. The van der Waals surface area contributed by atoms with Crippen molar-refractivity contribution >= 4 is 5.69 Å². The van der Waals surface area contributed by atoms with Crippen molar-refractivity contribution in [3.05, 3.63) is 53.0 Å². The number of furan rings is 1. The van der Waals surface area contributed by atoms with Gasteiger partial charge in [0, 0.05) is 12.7 Å². The van der Waals surface area contributed by atoms with Gasteiger partial charge in [-0.3, -0.25) is 0 Å². The second-order valence-electron chi connectivity index (χ2n) is 5.02. The van der Waals surface area contributed by atoms with Crippen molar-refractivity contribution in [1.82, 2.24) is 0 Å². The molecule has 0 spiro atoms. The molecule has 3 heteroatoms. The number of anilines is 1. The fraction of sp³-hybridized carbons (Fsp3) is 0.375. The molecule has 0 unspecified atom stereocenters. The van der Waals surface area contributed by atoms with E-state index in [-0.39, 0.29) is 0 Å². The molecule has 102 valence electrons. The zero-order valence-electron chi connectivity index (χ0n) is 11.9. The van der Waals surface area contributed by atoms with Crippen molar-refractivity contribution in [3.8, 4) is 0 Å². The Hall–Kier alpha value is -1.74. The zero-order chi connectivity index (χ0) is 13.8. The van der Waals surface area contributed by atoms with Crippen LogP contribution in [0.15, 0.2) is 34.7 Å². The van der Waals surface area contributed by atoms with Crippen molar-refractivity contribution in [1.29, 1.82) is 0 Å². The van der Waals surface area contributed by atoms with E-state index in [1.165, 1.54) is 16.8 Å². The summed E-state index contributed by atoms with van der Waals surface area (Å²) in [7, 11) is 2.08. The third kappa shape index (κ3) is 3.38. The maximum atomic E-state index is 5.61. The average Bonchev–Trinajstić information content (AvgIpc) is 2.77. The predicted octanol–water partition coefficient (Wildman–Crippen LogP) is 3.03. The van der Waals surface area contributed by atoms with E-state index >= 15 is 0 Å². The molecule has 19 heavy (non-hydrogen) atoms. The van der Waals surface area contributed by atoms with Gasteiger partial charge in [-0.1, -0.05) is 6.07 Å². The van der Waals surface area contributed by atoms with E-state index in [0.29, 0.717) is 6.54 Å². The lowest BCUT2D eigenvalue weighted by molar-refractivity contribution is 0.482. The first-order valence-corrected chi connectivity index (χ1v) is 6.66. The first kappa shape index (κ1) is 13.7. The molecule has 0 radical (unpaired) electrons. The number of benzene rings is 1. The summed E-state index contributed by atoms with van der Waals surface area (Å²) in [6, 6.07) is 10.6. The summed E-state index contributed by atoms with van der Waals surface area (Å²) in [4.78, 5) is 2.19. The Morgan fingerprint density at radius 1 is 1.16 bits per heavy atom. The predicted molar refractivity (Wildman–Crippen MR) is 79.5 cm³/mol.